The number of hydrogen-bond acceptors (Lipinski definition) is 4. The minimum Gasteiger partial charge on any atom is -0.467 e. The van der Waals surface area contributed by atoms with E-state index in [0.29, 0.717) is 17.9 Å². The summed E-state index contributed by atoms with van der Waals surface area (Å²) in [5.41, 5.74) is 2.81. The zero-order chi connectivity index (χ0) is 16.4. The fourth-order valence-electron chi connectivity index (χ4n) is 2.92. The zero-order valence-electron chi connectivity index (χ0n) is 13.1. The summed E-state index contributed by atoms with van der Waals surface area (Å²) in [4.78, 5) is 18.9. The van der Waals surface area contributed by atoms with Crippen LogP contribution in [0.2, 0.25) is 0 Å². The van der Waals surface area contributed by atoms with Crippen LogP contribution in [0.3, 0.4) is 0 Å². The van der Waals surface area contributed by atoms with Crippen molar-refractivity contribution in [2.24, 2.45) is 0 Å². The Morgan fingerprint density at radius 2 is 2.08 bits per heavy atom. The van der Waals surface area contributed by atoms with Crippen LogP contribution >= 0.6 is 0 Å². The Balaban J connectivity index is 1.46. The van der Waals surface area contributed by atoms with Crippen LogP contribution in [-0.2, 0) is 13.0 Å². The number of aromatic nitrogens is 1. The van der Waals surface area contributed by atoms with Gasteiger partial charge in [0, 0.05) is 18.4 Å². The highest BCUT2D eigenvalue weighted by molar-refractivity contribution is 6.07. The Bertz CT molecular complexity index is 841. The normalized spacial score (nSPS) is 12.9. The van der Waals surface area contributed by atoms with Crippen molar-refractivity contribution in [1.29, 1.82) is 0 Å². The quantitative estimate of drug-likeness (QED) is 0.800. The van der Waals surface area contributed by atoms with E-state index in [0.717, 1.165) is 24.4 Å². The molecule has 1 aliphatic heterocycles. The van der Waals surface area contributed by atoms with Crippen molar-refractivity contribution in [2.75, 3.05) is 16.8 Å². The van der Waals surface area contributed by atoms with E-state index in [-0.39, 0.29) is 5.91 Å². The number of carbonyl (C=O) groups is 1. The summed E-state index contributed by atoms with van der Waals surface area (Å²) in [6, 6.07) is 15.4. The highest BCUT2D eigenvalue weighted by Gasteiger charge is 2.25. The maximum Gasteiger partial charge on any atom is 0.259 e. The molecule has 0 radical (unpaired) electrons. The highest BCUT2D eigenvalue weighted by atomic mass is 16.3. The molecule has 5 nitrogen and oxygen atoms in total. The molecule has 0 unspecified atom stereocenters. The third-order valence-corrected chi connectivity index (χ3v) is 4.17. The van der Waals surface area contributed by atoms with Gasteiger partial charge in [-0.3, -0.25) is 4.79 Å². The Labute approximate surface area is 139 Å². The lowest BCUT2D eigenvalue weighted by Gasteiger charge is -2.17. The standard InChI is InChI=1S/C19H17N3O2/c23-19(22-10-9-14-4-1-2-6-17(14)22)15-7-8-18(20-12-15)21-13-16-5-3-11-24-16/h1-8,11-12H,9-10,13H2,(H,20,21). The summed E-state index contributed by atoms with van der Waals surface area (Å²) < 4.78 is 5.27. The molecule has 0 aliphatic carbocycles. The van der Waals surface area contributed by atoms with Gasteiger partial charge in [0.2, 0.25) is 0 Å². The number of benzene rings is 1. The van der Waals surface area contributed by atoms with Crippen molar-refractivity contribution in [3.8, 4) is 0 Å². The molecule has 1 amide bonds. The lowest BCUT2D eigenvalue weighted by atomic mass is 10.2. The van der Waals surface area contributed by atoms with Crippen LogP contribution < -0.4 is 10.2 Å². The molecule has 0 spiro atoms. The minimum atomic E-state index is -0.00923. The molecular formula is C19H17N3O2. The molecule has 1 aliphatic rings. The molecule has 0 saturated heterocycles. The molecule has 5 heteroatoms. The van der Waals surface area contributed by atoms with Crippen LogP contribution in [0.15, 0.2) is 65.4 Å². The fraction of sp³-hybridized carbons (Fsp3) is 0.158. The topological polar surface area (TPSA) is 58.4 Å². The average molecular weight is 319 g/mol. The highest BCUT2D eigenvalue weighted by Crippen LogP contribution is 2.28. The van der Waals surface area contributed by atoms with Gasteiger partial charge in [0.1, 0.15) is 11.6 Å². The van der Waals surface area contributed by atoms with Gasteiger partial charge in [0.15, 0.2) is 0 Å². The van der Waals surface area contributed by atoms with Gasteiger partial charge in [-0.05, 0) is 42.3 Å². The first-order chi connectivity index (χ1) is 11.8. The first-order valence-corrected chi connectivity index (χ1v) is 7.93. The molecule has 120 valence electrons. The minimum absolute atomic E-state index is 0.00923. The van der Waals surface area contributed by atoms with E-state index in [9.17, 15) is 4.79 Å². The summed E-state index contributed by atoms with van der Waals surface area (Å²) in [7, 11) is 0. The number of nitrogens with one attached hydrogen (secondary N) is 1. The summed E-state index contributed by atoms with van der Waals surface area (Å²) in [5, 5.41) is 3.17. The van der Waals surface area contributed by atoms with Crippen LogP contribution in [0.5, 0.6) is 0 Å². The zero-order valence-corrected chi connectivity index (χ0v) is 13.1. The monoisotopic (exact) mass is 319 g/mol. The summed E-state index contributed by atoms with van der Waals surface area (Å²) in [6.45, 7) is 1.28. The molecule has 1 N–H and O–H groups in total. The molecule has 0 fully saturated rings. The number of amides is 1. The summed E-state index contributed by atoms with van der Waals surface area (Å²) >= 11 is 0. The first-order valence-electron chi connectivity index (χ1n) is 7.93. The number of anilines is 2. The summed E-state index contributed by atoms with van der Waals surface area (Å²) in [6.07, 6.45) is 4.16. The molecule has 24 heavy (non-hydrogen) atoms. The molecule has 0 saturated carbocycles. The molecule has 4 rings (SSSR count). The van der Waals surface area contributed by atoms with Gasteiger partial charge in [-0.1, -0.05) is 18.2 Å². The van der Waals surface area contributed by atoms with Crippen molar-refractivity contribution in [3.63, 3.8) is 0 Å². The van der Waals surface area contributed by atoms with Crippen molar-refractivity contribution >= 4 is 17.4 Å². The van der Waals surface area contributed by atoms with Gasteiger partial charge in [0.25, 0.3) is 5.91 Å². The van der Waals surface area contributed by atoms with Crippen LogP contribution in [0.1, 0.15) is 21.7 Å². The molecule has 0 atom stereocenters. The molecule has 1 aromatic carbocycles. The molecule has 3 aromatic rings. The van der Waals surface area contributed by atoms with Gasteiger partial charge < -0.3 is 14.6 Å². The number of furan rings is 1. The lowest BCUT2D eigenvalue weighted by Crippen LogP contribution is -2.28. The number of para-hydroxylation sites is 1. The number of nitrogens with zero attached hydrogens (tertiary/aromatic N) is 2. The second kappa shape index (κ2) is 6.20. The number of carbonyl (C=O) groups excluding carboxylic acids is 1. The summed E-state index contributed by atoms with van der Waals surface area (Å²) in [5.74, 6) is 1.54. The number of fused-ring (bicyclic) bond motifs is 1. The third kappa shape index (κ3) is 2.76. The predicted octanol–water partition coefficient (Wildman–Crippen LogP) is 3.49. The molecule has 2 aromatic heterocycles. The maximum atomic E-state index is 12.7. The van der Waals surface area contributed by atoms with E-state index in [1.807, 2.05) is 41.3 Å². The molecule has 3 heterocycles. The second-order valence-electron chi connectivity index (χ2n) is 5.70. The Morgan fingerprint density at radius 1 is 1.17 bits per heavy atom. The van der Waals surface area contributed by atoms with E-state index in [4.69, 9.17) is 4.42 Å². The van der Waals surface area contributed by atoms with Crippen LogP contribution in [0.4, 0.5) is 11.5 Å². The fourth-order valence-corrected chi connectivity index (χ4v) is 2.92. The van der Waals surface area contributed by atoms with Crippen molar-refractivity contribution in [2.45, 2.75) is 13.0 Å². The Morgan fingerprint density at radius 3 is 2.88 bits per heavy atom. The lowest BCUT2D eigenvalue weighted by molar-refractivity contribution is 0.0989. The number of rotatable bonds is 4. The Kier molecular flexibility index (Phi) is 3.75. The third-order valence-electron chi connectivity index (χ3n) is 4.17. The van der Waals surface area contributed by atoms with Crippen molar-refractivity contribution in [3.05, 3.63) is 77.9 Å². The van der Waals surface area contributed by atoms with Gasteiger partial charge in [-0.15, -0.1) is 0 Å². The smallest absolute Gasteiger partial charge is 0.259 e. The van der Waals surface area contributed by atoms with Gasteiger partial charge >= 0.3 is 0 Å². The number of pyridine rings is 1. The average Bonchev–Trinajstić information content (AvgIpc) is 3.29. The molecular weight excluding hydrogens is 302 g/mol. The van der Waals surface area contributed by atoms with Gasteiger partial charge in [0.05, 0.1) is 18.4 Å². The Hall–Kier alpha value is -3.08. The van der Waals surface area contributed by atoms with Crippen molar-refractivity contribution in [1.82, 2.24) is 4.98 Å². The van der Waals surface area contributed by atoms with Crippen LogP contribution in [0.25, 0.3) is 0 Å². The van der Waals surface area contributed by atoms with Gasteiger partial charge in [-0.2, -0.15) is 0 Å². The number of hydrogen-bond donors (Lipinski definition) is 1. The van der Waals surface area contributed by atoms with Crippen LogP contribution in [-0.4, -0.2) is 17.4 Å². The van der Waals surface area contributed by atoms with E-state index >= 15 is 0 Å². The van der Waals surface area contributed by atoms with E-state index in [2.05, 4.69) is 16.4 Å². The SMILES string of the molecule is O=C(c1ccc(NCc2ccco2)nc1)N1CCc2ccccc21. The maximum absolute atomic E-state index is 12.7. The first kappa shape index (κ1) is 14.5. The van der Waals surface area contributed by atoms with E-state index in [1.54, 1.807) is 18.5 Å². The van der Waals surface area contributed by atoms with Crippen molar-refractivity contribution < 1.29 is 9.21 Å². The van der Waals surface area contributed by atoms with E-state index < -0.39 is 0 Å². The molecule has 0 bridgehead atoms. The largest absolute Gasteiger partial charge is 0.467 e. The van der Waals surface area contributed by atoms with Crippen LogP contribution in [0, 0.1) is 0 Å². The predicted molar refractivity (Wildman–Crippen MR) is 92.1 cm³/mol. The van der Waals surface area contributed by atoms with Gasteiger partial charge in [-0.25, -0.2) is 4.98 Å². The van der Waals surface area contributed by atoms with E-state index in [1.165, 1.54) is 5.56 Å². The second-order valence-corrected chi connectivity index (χ2v) is 5.70.